The smallest absolute Gasteiger partial charge is 0.0882 e. The van der Waals surface area contributed by atoms with Crippen LogP contribution in [-0.2, 0) is 13.2 Å². The summed E-state index contributed by atoms with van der Waals surface area (Å²) in [6.07, 6.45) is 2.00. The Morgan fingerprint density at radius 2 is 1.14 bits per heavy atom. The van der Waals surface area contributed by atoms with Crippen LogP contribution in [0.1, 0.15) is 57.4 Å². The molecule has 0 aliphatic rings. The van der Waals surface area contributed by atoms with Crippen molar-refractivity contribution in [1.29, 1.82) is 0 Å². The fourth-order valence-corrected chi connectivity index (χ4v) is 4.06. The third-order valence-electron chi connectivity index (χ3n) is 3.54. The molecule has 2 atom stereocenters. The lowest BCUT2D eigenvalue weighted by Gasteiger charge is -2.10. The lowest BCUT2D eigenvalue weighted by Crippen LogP contribution is -1.97. The Bertz CT molecular complexity index is 514. The Hall–Kier alpha value is -0.760. The zero-order valence-electron chi connectivity index (χ0n) is 12.3. The van der Waals surface area contributed by atoms with E-state index in [1.807, 2.05) is 24.3 Å². The largest absolute Gasteiger partial charge is 0.391 e. The molecule has 2 aromatic rings. The van der Waals surface area contributed by atoms with Crippen molar-refractivity contribution in [3.8, 4) is 0 Å². The highest BCUT2D eigenvalue weighted by atomic mass is 32.1. The summed E-state index contributed by atoms with van der Waals surface area (Å²) in [5.41, 5.74) is 0. The molecule has 0 aromatic carbocycles. The van der Waals surface area contributed by atoms with E-state index in [0.717, 1.165) is 32.4 Å². The van der Waals surface area contributed by atoms with Gasteiger partial charge in [-0.25, -0.2) is 0 Å². The highest BCUT2D eigenvalue weighted by Crippen LogP contribution is 2.30. The van der Waals surface area contributed by atoms with Gasteiger partial charge < -0.3 is 20.4 Å². The maximum atomic E-state index is 10.1. The van der Waals surface area contributed by atoms with Crippen molar-refractivity contribution in [2.45, 2.75) is 51.1 Å². The predicted molar refractivity (Wildman–Crippen MR) is 88.9 cm³/mol. The molecule has 0 saturated heterocycles. The van der Waals surface area contributed by atoms with Crippen LogP contribution in [0.15, 0.2) is 24.3 Å². The Morgan fingerprint density at radius 3 is 1.45 bits per heavy atom. The van der Waals surface area contributed by atoms with Gasteiger partial charge in [-0.1, -0.05) is 12.8 Å². The Balaban J connectivity index is 1.69. The maximum absolute atomic E-state index is 10.1. The summed E-state index contributed by atoms with van der Waals surface area (Å²) in [7, 11) is 0. The Kier molecular flexibility index (Phi) is 7.01. The third-order valence-corrected chi connectivity index (χ3v) is 5.88. The molecule has 0 fully saturated rings. The van der Waals surface area contributed by atoms with Gasteiger partial charge in [0.2, 0.25) is 0 Å². The van der Waals surface area contributed by atoms with E-state index >= 15 is 0 Å². The highest BCUT2D eigenvalue weighted by molar-refractivity contribution is 7.12. The minimum Gasteiger partial charge on any atom is -0.391 e. The third kappa shape index (κ3) is 4.87. The van der Waals surface area contributed by atoms with Crippen molar-refractivity contribution in [3.63, 3.8) is 0 Å². The van der Waals surface area contributed by atoms with Crippen molar-refractivity contribution in [2.75, 3.05) is 0 Å². The fourth-order valence-electron chi connectivity index (χ4n) is 2.28. The zero-order chi connectivity index (χ0) is 15.9. The number of hydrogen-bond acceptors (Lipinski definition) is 6. The molecule has 2 heterocycles. The first kappa shape index (κ1) is 17.6. The average molecular weight is 342 g/mol. The fraction of sp³-hybridized carbons (Fsp3) is 0.500. The van der Waals surface area contributed by atoms with Crippen LogP contribution in [0.3, 0.4) is 0 Å². The molecule has 0 unspecified atom stereocenters. The molecule has 2 aromatic heterocycles. The normalized spacial score (nSPS) is 14.2. The molecule has 0 aliphatic carbocycles. The number of hydrogen-bond donors (Lipinski definition) is 4. The highest BCUT2D eigenvalue weighted by Gasteiger charge is 2.13. The monoisotopic (exact) mass is 342 g/mol. The van der Waals surface area contributed by atoms with Crippen LogP contribution < -0.4 is 0 Å². The van der Waals surface area contributed by atoms with Gasteiger partial charge in [-0.2, -0.15) is 0 Å². The van der Waals surface area contributed by atoms with E-state index in [1.165, 1.54) is 22.7 Å². The average Bonchev–Trinajstić information content (AvgIpc) is 3.19. The first-order chi connectivity index (χ1) is 10.6. The standard InChI is InChI=1S/C16H22O4S2/c17-9-11-5-7-15(21-11)13(19)3-1-2-4-14(20)16-8-6-12(10-18)22-16/h5-8,13-14,17-20H,1-4,9-10H2/t13-,14-/m1/s1. The van der Waals surface area contributed by atoms with Crippen molar-refractivity contribution in [1.82, 2.24) is 0 Å². The molecule has 0 radical (unpaired) electrons. The van der Waals surface area contributed by atoms with Crippen LogP contribution >= 0.6 is 22.7 Å². The van der Waals surface area contributed by atoms with Crippen LogP contribution in [0.2, 0.25) is 0 Å². The van der Waals surface area contributed by atoms with Crippen molar-refractivity contribution < 1.29 is 20.4 Å². The Morgan fingerprint density at radius 1 is 0.727 bits per heavy atom. The van der Waals surface area contributed by atoms with Gasteiger partial charge in [0.25, 0.3) is 0 Å². The van der Waals surface area contributed by atoms with Gasteiger partial charge >= 0.3 is 0 Å². The molecule has 0 saturated carbocycles. The molecule has 0 aliphatic heterocycles. The minimum atomic E-state index is -0.495. The molecule has 0 amide bonds. The summed E-state index contributed by atoms with van der Waals surface area (Å²) < 4.78 is 0. The van der Waals surface area contributed by atoms with Crippen molar-refractivity contribution in [3.05, 3.63) is 43.8 Å². The lowest BCUT2D eigenvalue weighted by molar-refractivity contribution is 0.150. The molecule has 122 valence electrons. The van der Waals surface area contributed by atoms with Crippen LogP contribution in [0, 0.1) is 0 Å². The zero-order valence-corrected chi connectivity index (χ0v) is 13.9. The van der Waals surface area contributed by atoms with Crippen LogP contribution in [0.4, 0.5) is 0 Å². The number of thiophene rings is 2. The summed E-state index contributed by atoms with van der Waals surface area (Å²) in [6, 6.07) is 7.39. The summed E-state index contributed by atoms with van der Waals surface area (Å²) in [6.45, 7) is 0.0282. The van der Waals surface area contributed by atoms with E-state index in [9.17, 15) is 10.2 Å². The van der Waals surface area contributed by atoms with Gasteiger partial charge in [-0.3, -0.25) is 0 Å². The van der Waals surface area contributed by atoms with E-state index in [-0.39, 0.29) is 13.2 Å². The predicted octanol–water partition coefficient (Wildman–Crippen LogP) is 3.12. The molecule has 4 N–H and O–H groups in total. The van der Waals surface area contributed by atoms with Gasteiger partial charge in [0.15, 0.2) is 0 Å². The second-order valence-electron chi connectivity index (χ2n) is 5.24. The first-order valence-electron chi connectivity index (χ1n) is 7.39. The van der Waals surface area contributed by atoms with Gasteiger partial charge in [0, 0.05) is 19.5 Å². The second kappa shape index (κ2) is 8.76. The molecule has 0 spiro atoms. The van der Waals surface area contributed by atoms with Crippen LogP contribution in [0.5, 0.6) is 0 Å². The Labute approximate surface area is 138 Å². The van der Waals surface area contributed by atoms with E-state index in [0.29, 0.717) is 12.8 Å². The van der Waals surface area contributed by atoms with Crippen molar-refractivity contribution >= 4 is 22.7 Å². The van der Waals surface area contributed by atoms with Gasteiger partial charge in [0.1, 0.15) is 0 Å². The van der Waals surface area contributed by atoms with E-state index in [2.05, 4.69) is 0 Å². The van der Waals surface area contributed by atoms with Gasteiger partial charge in [-0.05, 0) is 37.1 Å². The molecular weight excluding hydrogens is 320 g/mol. The maximum Gasteiger partial charge on any atom is 0.0882 e. The summed E-state index contributed by atoms with van der Waals surface area (Å²) in [5.74, 6) is 0. The molecule has 2 rings (SSSR count). The SMILES string of the molecule is OCc1ccc([C@H](O)CCCC[C@@H](O)c2ccc(CO)s2)s1. The van der Waals surface area contributed by atoms with Gasteiger partial charge in [0.05, 0.1) is 25.4 Å². The first-order valence-corrected chi connectivity index (χ1v) is 9.02. The summed E-state index contributed by atoms with van der Waals surface area (Å²) in [5, 5.41) is 38.2. The van der Waals surface area contributed by atoms with E-state index < -0.39 is 12.2 Å². The number of rotatable bonds is 9. The summed E-state index contributed by atoms with van der Waals surface area (Å²) >= 11 is 2.87. The number of aliphatic hydroxyl groups excluding tert-OH is 4. The molecule has 0 bridgehead atoms. The van der Waals surface area contributed by atoms with E-state index in [4.69, 9.17) is 10.2 Å². The number of aliphatic hydroxyl groups is 4. The van der Waals surface area contributed by atoms with Crippen molar-refractivity contribution in [2.24, 2.45) is 0 Å². The second-order valence-corrected chi connectivity index (χ2v) is 7.64. The topological polar surface area (TPSA) is 80.9 Å². The molecule has 22 heavy (non-hydrogen) atoms. The molecule has 4 nitrogen and oxygen atoms in total. The quantitative estimate of drug-likeness (QED) is 0.528. The minimum absolute atomic E-state index is 0.0141. The van der Waals surface area contributed by atoms with E-state index in [1.54, 1.807) is 0 Å². The van der Waals surface area contributed by atoms with Gasteiger partial charge in [-0.15, -0.1) is 22.7 Å². The number of unbranched alkanes of at least 4 members (excludes halogenated alkanes) is 1. The lowest BCUT2D eigenvalue weighted by atomic mass is 10.1. The van der Waals surface area contributed by atoms with Crippen LogP contribution in [-0.4, -0.2) is 20.4 Å². The summed E-state index contributed by atoms with van der Waals surface area (Å²) in [4.78, 5) is 3.49. The molecule has 6 heteroatoms. The van der Waals surface area contributed by atoms with Crippen LogP contribution in [0.25, 0.3) is 0 Å². The molecular formula is C16H22O4S2.